The van der Waals surface area contributed by atoms with Crippen molar-refractivity contribution < 1.29 is 13.9 Å². The molecule has 1 saturated heterocycles. The van der Waals surface area contributed by atoms with E-state index in [1.807, 2.05) is 6.07 Å². The maximum absolute atomic E-state index is 10.6. The molecule has 1 aliphatic heterocycles. The second kappa shape index (κ2) is 3.94. The van der Waals surface area contributed by atoms with E-state index in [1.165, 1.54) is 6.42 Å². The lowest BCUT2D eigenvalue weighted by Crippen LogP contribution is -2.48. The molecule has 0 radical (unpaired) electrons. The number of hydrogen-bond donors (Lipinski definition) is 0. The van der Waals surface area contributed by atoms with E-state index >= 15 is 0 Å². The van der Waals surface area contributed by atoms with Gasteiger partial charge < -0.3 is 14.1 Å². The lowest BCUT2D eigenvalue weighted by atomic mass is 10.1. The summed E-state index contributed by atoms with van der Waals surface area (Å²) in [5.41, 5.74) is 0. The van der Waals surface area contributed by atoms with Gasteiger partial charge in [0.15, 0.2) is 17.9 Å². The summed E-state index contributed by atoms with van der Waals surface area (Å²) in [6.45, 7) is 1.60. The molecule has 86 valence electrons. The number of anilines is 1. The fourth-order valence-electron chi connectivity index (χ4n) is 2.76. The van der Waals surface area contributed by atoms with Crippen LogP contribution in [0.2, 0.25) is 0 Å². The molecule has 16 heavy (non-hydrogen) atoms. The van der Waals surface area contributed by atoms with Crippen LogP contribution in [-0.4, -0.2) is 31.6 Å². The van der Waals surface area contributed by atoms with E-state index in [-0.39, 0.29) is 0 Å². The number of rotatable bonds is 2. The Morgan fingerprint density at radius 1 is 1.38 bits per heavy atom. The number of ether oxygens (including phenoxy) is 1. The minimum atomic E-state index is 0.346. The molecule has 4 heteroatoms. The van der Waals surface area contributed by atoms with Crippen LogP contribution in [0, 0.1) is 0 Å². The molecule has 0 amide bonds. The van der Waals surface area contributed by atoms with Crippen molar-refractivity contribution in [3.63, 3.8) is 0 Å². The molecule has 1 aromatic rings. The largest absolute Gasteiger partial charge is 0.438 e. The van der Waals surface area contributed by atoms with Crippen LogP contribution in [0.1, 0.15) is 29.8 Å². The van der Waals surface area contributed by atoms with Crippen LogP contribution in [-0.2, 0) is 4.74 Å². The standard InChI is InChI=1S/C12H15NO3/c14-8-9-4-5-12(16-9)13-6-7-15-11-3-1-2-10(11)13/h4-5,8,10-11H,1-3,6-7H2. The topological polar surface area (TPSA) is 42.7 Å². The van der Waals surface area contributed by atoms with Crippen LogP contribution < -0.4 is 4.90 Å². The van der Waals surface area contributed by atoms with Crippen molar-refractivity contribution >= 4 is 12.2 Å². The van der Waals surface area contributed by atoms with Crippen molar-refractivity contribution in [2.45, 2.75) is 31.4 Å². The molecule has 4 nitrogen and oxygen atoms in total. The van der Waals surface area contributed by atoms with Gasteiger partial charge in [0, 0.05) is 12.6 Å². The molecule has 2 fully saturated rings. The summed E-state index contributed by atoms with van der Waals surface area (Å²) in [4.78, 5) is 12.8. The average molecular weight is 221 g/mol. The van der Waals surface area contributed by atoms with Crippen LogP contribution in [0.25, 0.3) is 0 Å². The Morgan fingerprint density at radius 2 is 2.31 bits per heavy atom. The van der Waals surface area contributed by atoms with Crippen molar-refractivity contribution in [1.82, 2.24) is 0 Å². The number of morpholine rings is 1. The van der Waals surface area contributed by atoms with Crippen molar-refractivity contribution in [3.8, 4) is 0 Å². The van der Waals surface area contributed by atoms with Gasteiger partial charge in [-0.2, -0.15) is 0 Å². The summed E-state index contributed by atoms with van der Waals surface area (Å²) in [6, 6.07) is 4.03. The van der Waals surface area contributed by atoms with Crippen molar-refractivity contribution in [1.29, 1.82) is 0 Å². The second-order valence-electron chi connectivity index (χ2n) is 4.39. The molecule has 0 N–H and O–H groups in total. The molecule has 1 aromatic heterocycles. The second-order valence-corrected chi connectivity index (χ2v) is 4.39. The normalized spacial score (nSPS) is 29.1. The minimum Gasteiger partial charge on any atom is -0.438 e. The number of hydrogen-bond acceptors (Lipinski definition) is 4. The van der Waals surface area contributed by atoms with Crippen LogP contribution >= 0.6 is 0 Å². The molecule has 2 heterocycles. The highest BCUT2D eigenvalue weighted by molar-refractivity contribution is 5.71. The lowest BCUT2D eigenvalue weighted by Gasteiger charge is -2.37. The van der Waals surface area contributed by atoms with Crippen molar-refractivity contribution in [3.05, 3.63) is 17.9 Å². The first-order valence-electron chi connectivity index (χ1n) is 5.82. The number of furan rings is 1. The summed E-state index contributed by atoms with van der Waals surface area (Å²) in [5.74, 6) is 1.21. The number of fused-ring (bicyclic) bond motifs is 1. The molecule has 0 spiro atoms. The van der Waals surface area contributed by atoms with Crippen LogP contribution in [0.4, 0.5) is 5.88 Å². The predicted molar refractivity (Wildman–Crippen MR) is 58.8 cm³/mol. The Morgan fingerprint density at radius 3 is 3.12 bits per heavy atom. The number of aldehydes is 1. The first kappa shape index (κ1) is 9.90. The monoisotopic (exact) mass is 221 g/mol. The summed E-state index contributed by atoms with van der Waals surface area (Å²) in [7, 11) is 0. The molecule has 0 bridgehead atoms. The SMILES string of the molecule is O=Cc1ccc(N2CCOC3CCCC32)o1. The van der Waals surface area contributed by atoms with Crippen LogP contribution in [0.5, 0.6) is 0 Å². The van der Waals surface area contributed by atoms with Crippen LogP contribution in [0.15, 0.2) is 16.5 Å². The molecular weight excluding hydrogens is 206 g/mol. The Labute approximate surface area is 94.2 Å². The van der Waals surface area contributed by atoms with E-state index in [0.717, 1.165) is 38.2 Å². The molecule has 2 aliphatic rings. The minimum absolute atomic E-state index is 0.346. The smallest absolute Gasteiger partial charge is 0.196 e. The van der Waals surface area contributed by atoms with Gasteiger partial charge in [0.1, 0.15) is 0 Å². The molecule has 1 saturated carbocycles. The van der Waals surface area contributed by atoms with Gasteiger partial charge in [0.05, 0.1) is 18.8 Å². The highest BCUT2D eigenvalue weighted by Crippen LogP contribution is 2.33. The summed E-state index contributed by atoms with van der Waals surface area (Å²) < 4.78 is 11.2. The van der Waals surface area contributed by atoms with Gasteiger partial charge in [-0.05, 0) is 25.3 Å². The summed E-state index contributed by atoms with van der Waals surface area (Å²) in [5, 5.41) is 0. The molecule has 2 unspecified atom stereocenters. The van der Waals surface area contributed by atoms with Gasteiger partial charge >= 0.3 is 0 Å². The zero-order valence-electron chi connectivity index (χ0n) is 9.09. The maximum atomic E-state index is 10.6. The third-order valence-corrected chi connectivity index (χ3v) is 3.49. The van der Waals surface area contributed by atoms with Crippen LogP contribution in [0.3, 0.4) is 0 Å². The zero-order valence-corrected chi connectivity index (χ0v) is 9.09. The van der Waals surface area contributed by atoms with E-state index in [0.29, 0.717) is 17.9 Å². The summed E-state index contributed by atoms with van der Waals surface area (Å²) >= 11 is 0. The van der Waals surface area contributed by atoms with Crippen molar-refractivity contribution in [2.75, 3.05) is 18.1 Å². The van der Waals surface area contributed by atoms with E-state index in [1.54, 1.807) is 6.07 Å². The molecular formula is C12H15NO3. The quantitative estimate of drug-likeness (QED) is 0.715. The fraction of sp³-hybridized carbons (Fsp3) is 0.583. The van der Waals surface area contributed by atoms with Gasteiger partial charge in [-0.25, -0.2) is 0 Å². The first-order valence-corrected chi connectivity index (χ1v) is 5.82. The number of carbonyl (C=O) groups excluding carboxylic acids is 1. The van der Waals surface area contributed by atoms with Gasteiger partial charge in [-0.1, -0.05) is 0 Å². The number of carbonyl (C=O) groups is 1. The third-order valence-electron chi connectivity index (χ3n) is 3.49. The molecule has 1 aliphatic carbocycles. The maximum Gasteiger partial charge on any atom is 0.196 e. The van der Waals surface area contributed by atoms with E-state index < -0.39 is 0 Å². The Balaban J connectivity index is 1.84. The van der Waals surface area contributed by atoms with E-state index in [9.17, 15) is 4.79 Å². The Bertz CT molecular complexity index is 387. The first-order chi connectivity index (χ1) is 7.88. The van der Waals surface area contributed by atoms with E-state index in [4.69, 9.17) is 9.15 Å². The summed E-state index contributed by atoms with van der Waals surface area (Å²) in [6.07, 6.45) is 4.60. The van der Waals surface area contributed by atoms with Gasteiger partial charge in [-0.3, -0.25) is 4.79 Å². The Kier molecular flexibility index (Phi) is 2.44. The Hall–Kier alpha value is -1.29. The predicted octanol–water partition coefficient (Wildman–Crippen LogP) is 1.85. The zero-order chi connectivity index (χ0) is 11.0. The molecule has 0 aromatic carbocycles. The fourth-order valence-corrected chi connectivity index (χ4v) is 2.76. The average Bonchev–Trinajstić information content (AvgIpc) is 2.97. The number of nitrogens with zero attached hydrogens (tertiary/aromatic N) is 1. The molecule has 2 atom stereocenters. The lowest BCUT2D eigenvalue weighted by molar-refractivity contribution is 0.0240. The van der Waals surface area contributed by atoms with Crippen molar-refractivity contribution in [2.24, 2.45) is 0 Å². The highest BCUT2D eigenvalue weighted by Gasteiger charge is 2.37. The van der Waals surface area contributed by atoms with Gasteiger partial charge in [0.25, 0.3) is 0 Å². The third kappa shape index (κ3) is 1.53. The van der Waals surface area contributed by atoms with E-state index in [2.05, 4.69) is 4.90 Å². The highest BCUT2D eigenvalue weighted by atomic mass is 16.5. The van der Waals surface area contributed by atoms with Gasteiger partial charge in [0.2, 0.25) is 0 Å². The van der Waals surface area contributed by atoms with Gasteiger partial charge in [-0.15, -0.1) is 0 Å². The molecule has 3 rings (SSSR count).